The molecule has 2 aliphatic carbocycles. The van der Waals surface area contributed by atoms with Crippen molar-refractivity contribution in [2.24, 2.45) is 17.1 Å². The molecule has 3 N–H and O–H groups in total. The van der Waals surface area contributed by atoms with Crippen LogP contribution in [0.2, 0.25) is 0 Å². The number of carboxylic acid groups (broad SMARTS) is 1. The van der Waals surface area contributed by atoms with Crippen molar-refractivity contribution in [3.63, 3.8) is 0 Å². The van der Waals surface area contributed by atoms with Crippen molar-refractivity contribution in [3.05, 3.63) is 112 Å². The number of ether oxygens (including phenoxy) is 1. The Balaban J connectivity index is 1.59. The highest BCUT2D eigenvalue weighted by molar-refractivity contribution is 5.87. The number of carboxylic acids is 1. The number of rotatable bonds is 8. The number of carbonyl (C=O) groups excluding carboxylic acids is 1. The van der Waals surface area contributed by atoms with Gasteiger partial charge in [-0.15, -0.1) is 0 Å². The number of hydrogen-bond acceptors (Lipinski definition) is 4. The van der Waals surface area contributed by atoms with Gasteiger partial charge in [-0.3, -0.25) is 4.79 Å². The fraction of sp³-hybridized carbons (Fsp3) is 0.312. The zero-order valence-electron chi connectivity index (χ0n) is 21.3. The zero-order valence-corrected chi connectivity index (χ0v) is 21.3. The molecule has 0 saturated carbocycles. The molecular formula is C32H33NO4. The molecule has 0 radical (unpaired) electrons. The van der Waals surface area contributed by atoms with E-state index in [1.54, 1.807) is 12.1 Å². The molecule has 1 unspecified atom stereocenters. The number of carbonyl (C=O) groups is 2. The Morgan fingerprint density at radius 2 is 1.68 bits per heavy atom. The smallest absolute Gasteiger partial charge is 0.335 e. The summed E-state index contributed by atoms with van der Waals surface area (Å²) in [6, 6.07) is 22.9. The molecule has 37 heavy (non-hydrogen) atoms. The highest BCUT2D eigenvalue weighted by Crippen LogP contribution is 2.56. The molecular weight excluding hydrogens is 462 g/mol. The summed E-state index contributed by atoms with van der Waals surface area (Å²) < 4.78 is 6.36. The lowest BCUT2D eigenvalue weighted by Gasteiger charge is -2.38. The van der Waals surface area contributed by atoms with Gasteiger partial charge in [0.15, 0.2) is 0 Å². The second kappa shape index (κ2) is 9.98. The summed E-state index contributed by atoms with van der Waals surface area (Å²) >= 11 is 0. The summed E-state index contributed by atoms with van der Waals surface area (Å²) in [5.74, 6) is -1.05. The van der Waals surface area contributed by atoms with E-state index in [2.05, 4.69) is 36.4 Å². The Hall–Kier alpha value is -3.70. The molecule has 0 bridgehead atoms. The third-order valence-corrected chi connectivity index (χ3v) is 7.73. The van der Waals surface area contributed by atoms with Crippen molar-refractivity contribution in [1.29, 1.82) is 0 Å². The molecule has 2 aliphatic rings. The molecule has 0 aliphatic heterocycles. The molecule has 3 aromatic rings. The van der Waals surface area contributed by atoms with Gasteiger partial charge in [0.2, 0.25) is 0 Å². The summed E-state index contributed by atoms with van der Waals surface area (Å²) in [5, 5.41) is 9.38. The van der Waals surface area contributed by atoms with Crippen LogP contribution in [0.15, 0.2) is 78.4 Å². The number of esters is 1. The molecule has 0 saturated heterocycles. The second-order valence-electron chi connectivity index (χ2n) is 10.8. The van der Waals surface area contributed by atoms with E-state index in [9.17, 15) is 14.7 Å². The Morgan fingerprint density at radius 3 is 2.35 bits per heavy atom. The summed E-state index contributed by atoms with van der Waals surface area (Å²) in [4.78, 5) is 24.7. The summed E-state index contributed by atoms with van der Waals surface area (Å²) in [7, 11) is 0. The summed E-state index contributed by atoms with van der Waals surface area (Å²) in [6.07, 6.45) is 4.44. The third kappa shape index (κ3) is 4.84. The lowest BCUT2D eigenvalue weighted by molar-refractivity contribution is -0.156. The first kappa shape index (κ1) is 25.0. The van der Waals surface area contributed by atoms with Crippen LogP contribution in [0, 0.1) is 11.3 Å². The van der Waals surface area contributed by atoms with Crippen molar-refractivity contribution >= 4 is 18.0 Å². The van der Waals surface area contributed by atoms with Crippen molar-refractivity contribution in [2.75, 3.05) is 0 Å². The molecule has 3 atom stereocenters. The van der Waals surface area contributed by atoms with Crippen LogP contribution in [0.3, 0.4) is 0 Å². The van der Waals surface area contributed by atoms with Crippen molar-refractivity contribution in [2.45, 2.75) is 51.7 Å². The first-order chi connectivity index (χ1) is 17.8. The van der Waals surface area contributed by atoms with Gasteiger partial charge < -0.3 is 15.6 Å². The van der Waals surface area contributed by atoms with Gasteiger partial charge >= 0.3 is 11.9 Å². The van der Waals surface area contributed by atoms with Gasteiger partial charge in [-0.25, -0.2) is 4.79 Å². The molecule has 0 aromatic heterocycles. The molecule has 5 nitrogen and oxygen atoms in total. The zero-order chi connectivity index (χ0) is 26.2. The minimum atomic E-state index is -0.950. The van der Waals surface area contributed by atoms with Gasteiger partial charge in [0.25, 0.3) is 0 Å². The third-order valence-electron chi connectivity index (χ3n) is 7.73. The fourth-order valence-electron chi connectivity index (χ4n) is 5.94. The van der Waals surface area contributed by atoms with E-state index in [4.69, 9.17) is 10.5 Å². The molecule has 0 heterocycles. The topological polar surface area (TPSA) is 89.6 Å². The minimum absolute atomic E-state index is 0.252. The van der Waals surface area contributed by atoms with E-state index in [1.165, 1.54) is 16.7 Å². The van der Waals surface area contributed by atoms with Crippen LogP contribution in [0.5, 0.6) is 0 Å². The minimum Gasteiger partial charge on any atom is -0.478 e. The molecule has 5 heteroatoms. The maximum atomic E-state index is 13.3. The largest absolute Gasteiger partial charge is 0.478 e. The maximum absolute atomic E-state index is 13.3. The Kier molecular flexibility index (Phi) is 6.74. The van der Waals surface area contributed by atoms with Crippen molar-refractivity contribution in [1.82, 2.24) is 0 Å². The molecule has 3 aromatic carbocycles. The highest BCUT2D eigenvalue weighted by atomic mass is 16.5. The lowest BCUT2D eigenvalue weighted by Crippen LogP contribution is -2.39. The summed E-state index contributed by atoms with van der Waals surface area (Å²) in [5.41, 5.74) is 12.9. The predicted molar refractivity (Wildman–Crippen MR) is 144 cm³/mol. The van der Waals surface area contributed by atoms with Crippen LogP contribution in [0.1, 0.15) is 64.5 Å². The van der Waals surface area contributed by atoms with Crippen molar-refractivity contribution in [3.8, 4) is 0 Å². The Labute approximate surface area is 218 Å². The van der Waals surface area contributed by atoms with Crippen LogP contribution in [0.25, 0.3) is 6.08 Å². The van der Waals surface area contributed by atoms with E-state index in [1.807, 2.05) is 44.2 Å². The SMILES string of the molecule is CC(C)C[C@H](N)C(=O)OC1c2ccccc2C[C@]1(Cc1ccc(C(=O)O)cc1)C1=Cc2ccccc2C1. The standard InChI is InChI=1S/C32H33NO4/c1-20(2)15-28(33)31(36)37-29-27-10-6-5-9-25(27)19-32(29,18-21-11-13-22(14-12-21)30(34)35)26-16-23-7-3-4-8-24(23)17-26/h3-14,16,20,28-29H,15,17-19,33H2,1-2H3,(H,34,35)/t28-,29?,32+/m0/s1. The second-order valence-corrected chi connectivity index (χ2v) is 10.8. The van der Waals surface area contributed by atoms with Gasteiger partial charge in [-0.05, 0) is 71.6 Å². The number of nitrogens with two attached hydrogens (primary N) is 1. The monoisotopic (exact) mass is 495 g/mol. The predicted octanol–water partition coefficient (Wildman–Crippen LogP) is 5.77. The first-order valence-corrected chi connectivity index (χ1v) is 12.9. The molecule has 190 valence electrons. The molecule has 5 rings (SSSR count). The quantitative estimate of drug-likeness (QED) is 0.388. The van der Waals surface area contributed by atoms with Gasteiger partial charge in [-0.2, -0.15) is 0 Å². The van der Waals surface area contributed by atoms with E-state index >= 15 is 0 Å². The Morgan fingerprint density at radius 1 is 1.00 bits per heavy atom. The van der Waals surface area contributed by atoms with Crippen LogP contribution in [-0.4, -0.2) is 23.1 Å². The lowest BCUT2D eigenvalue weighted by atomic mass is 9.70. The Bertz CT molecular complexity index is 1360. The number of fused-ring (bicyclic) bond motifs is 2. The van der Waals surface area contributed by atoms with Crippen LogP contribution < -0.4 is 5.73 Å². The number of aromatic carboxylic acids is 1. The van der Waals surface area contributed by atoms with Crippen molar-refractivity contribution < 1.29 is 19.4 Å². The summed E-state index contributed by atoms with van der Waals surface area (Å²) in [6.45, 7) is 4.09. The first-order valence-electron chi connectivity index (χ1n) is 12.9. The number of hydrogen-bond donors (Lipinski definition) is 2. The van der Waals surface area contributed by atoms with Crippen LogP contribution in [0.4, 0.5) is 0 Å². The molecule has 0 amide bonds. The maximum Gasteiger partial charge on any atom is 0.335 e. The van der Waals surface area contributed by atoms with E-state index in [-0.39, 0.29) is 17.5 Å². The van der Waals surface area contributed by atoms with Crippen LogP contribution >= 0.6 is 0 Å². The van der Waals surface area contributed by atoms with Crippen LogP contribution in [-0.2, 0) is 28.8 Å². The normalized spacial score (nSPS) is 20.8. The highest BCUT2D eigenvalue weighted by Gasteiger charge is 2.51. The average molecular weight is 496 g/mol. The molecule has 0 fully saturated rings. The number of benzene rings is 3. The van der Waals surface area contributed by atoms with Gasteiger partial charge in [0, 0.05) is 5.41 Å². The average Bonchev–Trinajstić information content (AvgIpc) is 3.44. The molecule has 0 spiro atoms. The van der Waals surface area contributed by atoms with Gasteiger partial charge in [-0.1, -0.05) is 86.2 Å². The van der Waals surface area contributed by atoms with E-state index in [0.29, 0.717) is 12.8 Å². The van der Waals surface area contributed by atoms with Gasteiger partial charge in [0.1, 0.15) is 12.1 Å². The fourth-order valence-corrected chi connectivity index (χ4v) is 5.94. The van der Waals surface area contributed by atoms with E-state index in [0.717, 1.165) is 29.5 Å². The van der Waals surface area contributed by atoms with Gasteiger partial charge in [0.05, 0.1) is 5.56 Å². The van der Waals surface area contributed by atoms with E-state index < -0.39 is 23.5 Å².